The molecule has 2 saturated carbocycles. The Kier molecular flexibility index (Phi) is 12.9. The molecule has 0 aliphatic heterocycles. The molecular formula is C44H60F3NO5. The number of rotatable bonds is 8. The van der Waals surface area contributed by atoms with Gasteiger partial charge in [-0.1, -0.05) is 77.0 Å². The lowest BCUT2D eigenvalue weighted by Gasteiger charge is -2.46. The van der Waals surface area contributed by atoms with Crippen molar-refractivity contribution in [3.8, 4) is 0 Å². The largest absolute Gasteiger partial charge is 0.446 e. The van der Waals surface area contributed by atoms with Crippen LogP contribution in [0.25, 0.3) is 0 Å². The van der Waals surface area contributed by atoms with Gasteiger partial charge in [0.25, 0.3) is 0 Å². The Morgan fingerprint density at radius 1 is 1.06 bits per heavy atom. The van der Waals surface area contributed by atoms with Crippen LogP contribution in [0, 0.1) is 23.2 Å². The van der Waals surface area contributed by atoms with Gasteiger partial charge in [0.2, 0.25) is 0 Å². The molecule has 6 nitrogen and oxygen atoms in total. The van der Waals surface area contributed by atoms with Crippen molar-refractivity contribution in [2.45, 2.75) is 142 Å². The van der Waals surface area contributed by atoms with Crippen LogP contribution in [0.15, 0.2) is 54.1 Å². The van der Waals surface area contributed by atoms with Crippen LogP contribution in [0.1, 0.15) is 144 Å². The predicted molar refractivity (Wildman–Crippen MR) is 202 cm³/mol. The summed E-state index contributed by atoms with van der Waals surface area (Å²) in [6, 6.07) is 10.0. The van der Waals surface area contributed by atoms with Crippen molar-refractivity contribution in [2.75, 3.05) is 13.1 Å². The first-order valence-corrected chi connectivity index (χ1v) is 19.8. The van der Waals surface area contributed by atoms with Gasteiger partial charge >= 0.3 is 12.3 Å². The Balaban J connectivity index is 1.55. The molecule has 2 fully saturated rings. The van der Waals surface area contributed by atoms with Crippen LogP contribution in [0.4, 0.5) is 18.0 Å². The van der Waals surface area contributed by atoms with E-state index in [1.165, 1.54) is 12.1 Å². The molecule has 7 atom stereocenters. The molecule has 292 valence electrons. The van der Waals surface area contributed by atoms with Gasteiger partial charge in [-0.25, -0.2) is 4.79 Å². The molecule has 0 saturated heterocycles. The molecule has 4 aliphatic carbocycles. The normalized spacial score (nSPS) is 29.7. The minimum atomic E-state index is -4.61. The molecule has 0 radical (unpaired) electrons. The molecule has 6 rings (SSSR count). The van der Waals surface area contributed by atoms with Crippen LogP contribution in [0.5, 0.6) is 0 Å². The summed E-state index contributed by atoms with van der Waals surface area (Å²) < 4.78 is 47.6. The number of fused-ring (bicyclic) bond motifs is 8. The van der Waals surface area contributed by atoms with E-state index in [1.807, 2.05) is 26.0 Å². The van der Waals surface area contributed by atoms with Gasteiger partial charge < -0.3 is 19.8 Å². The Morgan fingerprint density at radius 3 is 2.51 bits per heavy atom. The molecule has 0 spiro atoms. The fraction of sp³-hybridized carbons (Fsp3) is 0.636. The molecule has 0 heterocycles. The lowest BCUT2D eigenvalue weighted by molar-refractivity contribution is -0.137. The smallest absolute Gasteiger partial charge is 0.416 e. The molecule has 2 aromatic rings. The van der Waals surface area contributed by atoms with Crippen molar-refractivity contribution >= 4 is 11.9 Å². The second kappa shape index (κ2) is 16.7. The number of benzene rings is 2. The van der Waals surface area contributed by atoms with Gasteiger partial charge in [0.15, 0.2) is 5.78 Å². The average Bonchev–Trinajstić information content (AvgIpc) is 3.35. The van der Waals surface area contributed by atoms with Crippen LogP contribution in [0.2, 0.25) is 0 Å². The average molecular weight is 740 g/mol. The van der Waals surface area contributed by atoms with E-state index in [0.717, 1.165) is 42.5 Å². The second-order valence-corrected chi connectivity index (χ2v) is 17.0. The number of aliphatic hydroxyl groups is 2. The maximum absolute atomic E-state index is 14.3. The fourth-order valence-corrected chi connectivity index (χ4v) is 9.46. The molecule has 53 heavy (non-hydrogen) atoms. The van der Waals surface area contributed by atoms with Crippen molar-refractivity contribution in [2.24, 2.45) is 23.2 Å². The molecule has 2 bridgehead atoms. The van der Waals surface area contributed by atoms with Gasteiger partial charge in [0.1, 0.15) is 6.10 Å². The first-order valence-electron chi connectivity index (χ1n) is 19.8. The van der Waals surface area contributed by atoms with Crippen LogP contribution < -0.4 is 0 Å². The van der Waals surface area contributed by atoms with E-state index in [-0.39, 0.29) is 35.6 Å². The lowest BCUT2D eigenvalue weighted by Crippen LogP contribution is -2.54. The number of allylic oxidation sites excluding steroid dienone is 2. The topological polar surface area (TPSA) is 87.1 Å². The third-order valence-electron chi connectivity index (χ3n) is 12.8. The summed E-state index contributed by atoms with van der Waals surface area (Å²) in [4.78, 5) is 30.0. The highest BCUT2D eigenvalue weighted by Crippen LogP contribution is 2.59. The van der Waals surface area contributed by atoms with E-state index >= 15 is 0 Å². The summed E-state index contributed by atoms with van der Waals surface area (Å²) in [5.74, 6) is 0.256. The van der Waals surface area contributed by atoms with Gasteiger partial charge in [-0.05, 0) is 124 Å². The Labute approximate surface area is 314 Å². The van der Waals surface area contributed by atoms with Crippen LogP contribution in [-0.4, -0.2) is 57.9 Å². The maximum atomic E-state index is 14.3. The number of ether oxygens (including phenoxy) is 1. The highest BCUT2D eigenvalue weighted by atomic mass is 19.4. The monoisotopic (exact) mass is 739 g/mol. The minimum Gasteiger partial charge on any atom is -0.446 e. The molecular weight excluding hydrogens is 679 g/mol. The zero-order valence-corrected chi connectivity index (χ0v) is 32.5. The highest BCUT2D eigenvalue weighted by molar-refractivity contribution is 6.10. The number of halogens is 3. The lowest BCUT2D eigenvalue weighted by atomic mass is 9.64. The third-order valence-corrected chi connectivity index (χ3v) is 12.8. The van der Waals surface area contributed by atoms with Gasteiger partial charge in [-0.3, -0.25) is 4.79 Å². The first kappa shape index (κ1) is 41.0. The van der Waals surface area contributed by atoms with E-state index in [0.29, 0.717) is 75.3 Å². The number of alkyl halides is 3. The number of carbonyl (C=O) groups excluding carboxylic acids is 2. The van der Waals surface area contributed by atoms with E-state index < -0.39 is 40.7 Å². The highest BCUT2D eigenvalue weighted by Gasteiger charge is 2.58. The number of carbonyl (C=O) groups is 2. The quantitative estimate of drug-likeness (QED) is 0.208. The summed E-state index contributed by atoms with van der Waals surface area (Å²) >= 11 is 0. The fourth-order valence-electron chi connectivity index (χ4n) is 9.46. The minimum absolute atomic E-state index is 0.0676. The second-order valence-electron chi connectivity index (χ2n) is 17.0. The van der Waals surface area contributed by atoms with Crippen LogP contribution in [0.3, 0.4) is 0 Å². The Hall–Kier alpha value is -3.17. The SMILES string of the molecule is CCCN(CC1(O)CCC2c3ccc(cc3C(=O)c3cccc(C(F)(F)F)c3)CC(O)CCC(C)=CCCC21C)C(=O)OC1CC(C)CCC1C(C)C. The number of ketones is 1. The molecule has 4 aliphatic rings. The van der Waals surface area contributed by atoms with Crippen molar-refractivity contribution < 1.29 is 37.7 Å². The number of hydrogen-bond acceptors (Lipinski definition) is 5. The van der Waals surface area contributed by atoms with E-state index in [1.54, 1.807) is 11.0 Å². The molecule has 2 N–H and O–H groups in total. The molecule has 0 aromatic heterocycles. The van der Waals surface area contributed by atoms with Gasteiger partial charge in [-0.15, -0.1) is 0 Å². The Bertz CT molecular complexity index is 1640. The van der Waals surface area contributed by atoms with Crippen molar-refractivity contribution in [3.05, 3.63) is 81.9 Å². The molecule has 1 amide bonds. The van der Waals surface area contributed by atoms with Crippen molar-refractivity contribution in [1.82, 2.24) is 4.90 Å². The summed E-state index contributed by atoms with van der Waals surface area (Å²) in [7, 11) is 0. The van der Waals surface area contributed by atoms with Crippen LogP contribution in [-0.2, 0) is 17.3 Å². The predicted octanol–water partition coefficient (Wildman–Crippen LogP) is 10.3. The molecule has 9 heteroatoms. The van der Waals surface area contributed by atoms with Crippen molar-refractivity contribution in [1.29, 1.82) is 0 Å². The summed E-state index contributed by atoms with van der Waals surface area (Å²) in [6.07, 6.45) is 3.53. The van der Waals surface area contributed by atoms with Crippen molar-refractivity contribution in [3.63, 3.8) is 0 Å². The van der Waals surface area contributed by atoms with Crippen LogP contribution >= 0.6 is 0 Å². The summed E-state index contributed by atoms with van der Waals surface area (Å²) in [5.41, 5.74) is -0.296. The zero-order chi connectivity index (χ0) is 38.7. The van der Waals surface area contributed by atoms with Gasteiger partial charge in [0, 0.05) is 23.1 Å². The number of aliphatic hydroxyl groups excluding tert-OH is 1. The van der Waals surface area contributed by atoms with Gasteiger partial charge in [0.05, 0.1) is 23.8 Å². The standard InChI is InChI=1S/C44H60F3NO5/c1-7-22-48(41(51)53-39-23-30(5)14-17-35(39)28(2)3)27-43(52)21-19-38-36-18-15-31(24-34(49)16-13-29(4)10-9-20-42(38,43)6)25-37(36)40(50)32-11-8-12-33(26-32)44(45,46)47/h8,10-12,15,18,25-26,28,30,34-35,38-39,49,52H,7,9,13-14,16-17,19-24,27H2,1-6H3. The summed E-state index contributed by atoms with van der Waals surface area (Å²) in [6.45, 7) is 13.2. The van der Waals surface area contributed by atoms with Gasteiger partial charge in [-0.2, -0.15) is 13.2 Å². The number of amides is 1. The van der Waals surface area contributed by atoms with E-state index in [2.05, 4.69) is 33.8 Å². The molecule has 7 unspecified atom stereocenters. The third kappa shape index (κ3) is 9.21. The zero-order valence-electron chi connectivity index (χ0n) is 32.5. The summed E-state index contributed by atoms with van der Waals surface area (Å²) in [5, 5.41) is 23.8. The maximum Gasteiger partial charge on any atom is 0.416 e. The number of hydrogen-bond donors (Lipinski definition) is 2. The van der Waals surface area contributed by atoms with E-state index in [9.17, 15) is 33.0 Å². The molecule has 2 aromatic carbocycles. The first-order chi connectivity index (χ1) is 25.0. The van der Waals surface area contributed by atoms with E-state index in [4.69, 9.17) is 4.74 Å². The number of nitrogens with zero attached hydrogens (tertiary/aromatic N) is 1. The Morgan fingerprint density at radius 2 is 1.81 bits per heavy atom.